The van der Waals surface area contributed by atoms with Gasteiger partial charge in [-0.25, -0.2) is 4.39 Å². The Morgan fingerprint density at radius 2 is 1.95 bits per heavy atom. The van der Waals surface area contributed by atoms with Gasteiger partial charge in [0.15, 0.2) is 0 Å². The lowest BCUT2D eigenvalue weighted by Crippen LogP contribution is -2.42. The summed E-state index contributed by atoms with van der Waals surface area (Å²) in [5.41, 5.74) is 2.01. The smallest absolute Gasteiger partial charge is 0.146 e. The molecule has 0 radical (unpaired) electrons. The zero-order valence-electron chi connectivity index (χ0n) is 12.3. The van der Waals surface area contributed by atoms with E-state index in [1.165, 1.54) is 0 Å². The minimum Gasteiger partial charge on any atom is -0.369 e. The molecule has 0 unspecified atom stereocenters. The first-order valence-corrected chi connectivity index (χ1v) is 7.32. The number of hydrogen-bond donors (Lipinski definition) is 0. The number of halogens is 1. The zero-order valence-corrected chi connectivity index (χ0v) is 12.3. The van der Waals surface area contributed by atoms with Crippen LogP contribution in [0.3, 0.4) is 0 Å². The molecule has 0 saturated carbocycles. The van der Waals surface area contributed by atoms with Crippen LogP contribution in [-0.4, -0.2) is 38.1 Å². The van der Waals surface area contributed by atoms with Crippen molar-refractivity contribution in [1.29, 1.82) is 0 Å². The summed E-state index contributed by atoms with van der Waals surface area (Å²) in [6.07, 6.45) is 4.26. The first-order valence-electron chi connectivity index (χ1n) is 7.32. The standard InChI is InChI=1S/C16H25FN2/c1-4-6-13-7-5-8-15(17)16(13)19-11-9-14(10-12-19)18(2)3/h5,7-8,14H,4,6,9-12H2,1-3H3. The molecule has 0 amide bonds. The molecule has 19 heavy (non-hydrogen) atoms. The van der Waals surface area contributed by atoms with Gasteiger partial charge in [-0.15, -0.1) is 0 Å². The van der Waals surface area contributed by atoms with E-state index in [2.05, 4.69) is 36.9 Å². The third kappa shape index (κ3) is 3.27. The van der Waals surface area contributed by atoms with Gasteiger partial charge in [0, 0.05) is 19.1 Å². The highest BCUT2D eigenvalue weighted by molar-refractivity contribution is 5.55. The summed E-state index contributed by atoms with van der Waals surface area (Å²) < 4.78 is 14.2. The van der Waals surface area contributed by atoms with Crippen molar-refractivity contribution >= 4 is 5.69 Å². The van der Waals surface area contributed by atoms with Crippen LogP contribution in [0, 0.1) is 5.82 Å². The van der Waals surface area contributed by atoms with Crippen LogP contribution < -0.4 is 4.90 Å². The average Bonchev–Trinajstić information content (AvgIpc) is 2.39. The quantitative estimate of drug-likeness (QED) is 0.823. The Kier molecular flexibility index (Phi) is 4.81. The minimum absolute atomic E-state index is 0.0609. The van der Waals surface area contributed by atoms with E-state index in [0.717, 1.165) is 50.0 Å². The number of benzene rings is 1. The lowest BCUT2D eigenvalue weighted by atomic mass is 10.0. The molecule has 1 fully saturated rings. The van der Waals surface area contributed by atoms with Gasteiger partial charge in [0.2, 0.25) is 0 Å². The van der Waals surface area contributed by atoms with Crippen LogP contribution in [0.5, 0.6) is 0 Å². The number of aryl methyl sites for hydroxylation is 1. The van der Waals surface area contributed by atoms with Crippen LogP contribution >= 0.6 is 0 Å². The SMILES string of the molecule is CCCc1cccc(F)c1N1CCC(N(C)C)CC1. The predicted molar refractivity (Wildman–Crippen MR) is 79.3 cm³/mol. The molecule has 1 aliphatic rings. The number of hydrogen-bond acceptors (Lipinski definition) is 2. The molecule has 0 aromatic heterocycles. The highest BCUT2D eigenvalue weighted by atomic mass is 19.1. The van der Waals surface area contributed by atoms with Crippen LogP contribution in [0.1, 0.15) is 31.7 Å². The molecule has 1 aromatic rings. The highest BCUT2D eigenvalue weighted by Crippen LogP contribution is 2.29. The monoisotopic (exact) mass is 264 g/mol. The first kappa shape index (κ1) is 14.3. The summed E-state index contributed by atoms with van der Waals surface area (Å²) in [4.78, 5) is 4.52. The van der Waals surface area contributed by atoms with Crippen molar-refractivity contribution in [3.8, 4) is 0 Å². The van der Waals surface area contributed by atoms with E-state index in [9.17, 15) is 4.39 Å². The fourth-order valence-corrected chi connectivity index (χ4v) is 2.99. The lowest BCUT2D eigenvalue weighted by molar-refractivity contribution is 0.249. The molecule has 1 heterocycles. The zero-order chi connectivity index (χ0) is 13.8. The molecule has 0 bridgehead atoms. The van der Waals surface area contributed by atoms with Crippen molar-refractivity contribution < 1.29 is 4.39 Å². The third-order valence-corrected chi connectivity index (χ3v) is 4.10. The van der Waals surface area contributed by atoms with E-state index < -0.39 is 0 Å². The van der Waals surface area contributed by atoms with Gasteiger partial charge >= 0.3 is 0 Å². The molecule has 0 aliphatic carbocycles. The Bertz CT molecular complexity index is 409. The summed E-state index contributed by atoms with van der Waals surface area (Å²) in [6, 6.07) is 6.13. The van der Waals surface area contributed by atoms with Gasteiger partial charge in [-0.05, 0) is 45.0 Å². The molecule has 3 heteroatoms. The molecular formula is C16H25FN2. The van der Waals surface area contributed by atoms with Crippen molar-refractivity contribution in [2.24, 2.45) is 0 Å². The van der Waals surface area contributed by atoms with E-state index >= 15 is 0 Å². The Morgan fingerprint density at radius 3 is 2.53 bits per heavy atom. The maximum atomic E-state index is 14.2. The molecule has 0 atom stereocenters. The molecule has 1 saturated heterocycles. The van der Waals surface area contributed by atoms with Gasteiger partial charge in [-0.2, -0.15) is 0 Å². The van der Waals surface area contributed by atoms with E-state index in [0.29, 0.717) is 6.04 Å². The maximum absolute atomic E-state index is 14.2. The molecule has 1 aromatic carbocycles. The normalized spacial score (nSPS) is 17.2. The third-order valence-electron chi connectivity index (χ3n) is 4.10. The van der Waals surface area contributed by atoms with E-state index in [1.54, 1.807) is 6.07 Å². The first-order chi connectivity index (χ1) is 9.13. The summed E-state index contributed by atoms with van der Waals surface area (Å²) in [7, 11) is 4.26. The van der Waals surface area contributed by atoms with Crippen molar-refractivity contribution in [2.75, 3.05) is 32.1 Å². The van der Waals surface area contributed by atoms with Crippen molar-refractivity contribution in [2.45, 2.75) is 38.6 Å². The molecule has 2 rings (SSSR count). The van der Waals surface area contributed by atoms with Crippen LogP contribution in [-0.2, 0) is 6.42 Å². The number of nitrogens with zero attached hydrogens (tertiary/aromatic N) is 2. The van der Waals surface area contributed by atoms with Crippen LogP contribution in [0.4, 0.5) is 10.1 Å². The van der Waals surface area contributed by atoms with Crippen LogP contribution in [0.2, 0.25) is 0 Å². The lowest BCUT2D eigenvalue weighted by Gasteiger charge is -2.37. The number of para-hydroxylation sites is 1. The Labute approximate surface area is 116 Å². The summed E-state index contributed by atoms with van der Waals surface area (Å²) in [6.45, 7) is 4.06. The van der Waals surface area contributed by atoms with Crippen LogP contribution in [0.15, 0.2) is 18.2 Å². The molecule has 1 aliphatic heterocycles. The minimum atomic E-state index is -0.0609. The second-order valence-corrected chi connectivity index (χ2v) is 5.68. The topological polar surface area (TPSA) is 6.48 Å². The van der Waals surface area contributed by atoms with Gasteiger partial charge in [0.25, 0.3) is 0 Å². The van der Waals surface area contributed by atoms with E-state index in [-0.39, 0.29) is 5.82 Å². The molecule has 106 valence electrons. The summed E-state index contributed by atoms with van der Waals surface area (Å²) in [5.74, 6) is -0.0609. The highest BCUT2D eigenvalue weighted by Gasteiger charge is 2.23. The fourth-order valence-electron chi connectivity index (χ4n) is 2.99. The fraction of sp³-hybridized carbons (Fsp3) is 0.625. The largest absolute Gasteiger partial charge is 0.369 e. The van der Waals surface area contributed by atoms with Crippen molar-refractivity contribution in [1.82, 2.24) is 4.90 Å². The van der Waals surface area contributed by atoms with Crippen molar-refractivity contribution in [3.05, 3.63) is 29.6 Å². The second kappa shape index (κ2) is 6.38. The number of anilines is 1. The predicted octanol–water partition coefficient (Wildman–Crippen LogP) is 3.31. The van der Waals surface area contributed by atoms with Crippen molar-refractivity contribution in [3.63, 3.8) is 0 Å². The summed E-state index contributed by atoms with van der Waals surface area (Å²) in [5, 5.41) is 0. The average molecular weight is 264 g/mol. The molecular weight excluding hydrogens is 239 g/mol. The van der Waals surface area contributed by atoms with Crippen LogP contribution in [0.25, 0.3) is 0 Å². The van der Waals surface area contributed by atoms with Gasteiger partial charge < -0.3 is 9.80 Å². The molecule has 0 N–H and O–H groups in total. The Balaban J connectivity index is 2.14. The van der Waals surface area contributed by atoms with Gasteiger partial charge in [0.05, 0.1) is 5.69 Å². The number of piperidine rings is 1. The van der Waals surface area contributed by atoms with Gasteiger partial charge in [-0.3, -0.25) is 0 Å². The Hall–Kier alpha value is -1.09. The van der Waals surface area contributed by atoms with Gasteiger partial charge in [-0.1, -0.05) is 25.5 Å². The van der Waals surface area contributed by atoms with Gasteiger partial charge in [0.1, 0.15) is 5.82 Å². The van der Waals surface area contributed by atoms with E-state index in [4.69, 9.17) is 0 Å². The molecule has 0 spiro atoms. The number of rotatable bonds is 4. The van der Waals surface area contributed by atoms with E-state index in [1.807, 2.05) is 6.07 Å². The Morgan fingerprint density at radius 1 is 1.26 bits per heavy atom. The second-order valence-electron chi connectivity index (χ2n) is 5.68. The molecule has 2 nitrogen and oxygen atoms in total. The maximum Gasteiger partial charge on any atom is 0.146 e. The summed E-state index contributed by atoms with van der Waals surface area (Å²) >= 11 is 0.